The van der Waals surface area contributed by atoms with Crippen molar-refractivity contribution in [3.05, 3.63) is 322 Å². The molecule has 0 aliphatic carbocycles. The number of nitrogens with zero attached hydrogens (tertiary/aromatic N) is 9. The highest BCUT2D eigenvalue weighted by molar-refractivity contribution is 6.00. The van der Waals surface area contributed by atoms with Crippen LogP contribution in [0.3, 0.4) is 0 Å². The first-order valence-electron chi connectivity index (χ1n) is 66.3. The maximum absolute atomic E-state index is 7.94. The molecule has 720 valence electrons. The van der Waals surface area contributed by atoms with E-state index >= 15 is 0 Å². The third-order valence-corrected chi connectivity index (χ3v) is 12.0. The lowest BCUT2D eigenvalue weighted by Crippen LogP contribution is -2.35. The average Bonchev–Trinajstić information content (AvgIpc) is 0.757. The Morgan fingerprint density at radius 3 is 0.807 bits per heavy atom. The van der Waals surface area contributed by atoms with Crippen LogP contribution in [0.4, 0.5) is 0 Å². The van der Waals surface area contributed by atoms with Crippen molar-refractivity contribution >= 4 is 106 Å². The van der Waals surface area contributed by atoms with Crippen LogP contribution in [0.25, 0.3) is 0 Å². The summed E-state index contributed by atoms with van der Waals surface area (Å²) in [6.45, 7) is -3.90. The van der Waals surface area contributed by atoms with Crippen LogP contribution in [0.5, 0.6) is 0 Å². The van der Waals surface area contributed by atoms with Crippen molar-refractivity contribution in [2.75, 3.05) is 58.6 Å². The summed E-state index contributed by atoms with van der Waals surface area (Å²) in [4.78, 5) is 32.1. The zero-order chi connectivity index (χ0) is 149. The van der Waals surface area contributed by atoms with Crippen molar-refractivity contribution < 1.29 is 76.8 Å². The second kappa shape index (κ2) is 75.3. The van der Waals surface area contributed by atoms with Gasteiger partial charge in [-0.25, -0.2) is 0 Å². The van der Waals surface area contributed by atoms with Crippen molar-refractivity contribution in [2.24, 2.45) is 96.5 Å². The van der Waals surface area contributed by atoms with Crippen molar-refractivity contribution in [2.45, 2.75) is 120 Å². The Labute approximate surface area is 875 Å². The number of aryl methyl sites for hydroxylation is 5. The summed E-state index contributed by atoms with van der Waals surface area (Å²) in [6.07, 6.45) is -20.1. The number of aliphatic imine (C=N–C) groups is 9. The molecule has 5 atom stereocenters. The molecule has 0 bridgehead atoms. The van der Waals surface area contributed by atoms with E-state index in [4.69, 9.17) is 177 Å². The minimum Gasteiger partial charge on any atom is -0.370 e. The Bertz CT molecular complexity index is 8270. The highest BCUT2D eigenvalue weighted by Crippen LogP contribution is 2.07. The van der Waals surface area contributed by atoms with Gasteiger partial charge in [-0.3, -0.25) is 93.6 Å². The Balaban J connectivity index is 0.00000107. The fraction of sp³-hybridized carbons (Fsp3) is 0.273. The van der Waals surface area contributed by atoms with Gasteiger partial charge in [0.15, 0.2) is 53.6 Å². The van der Waals surface area contributed by atoms with Gasteiger partial charge in [0, 0.05) is 80.6 Å². The van der Waals surface area contributed by atoms with E-state index in [0.717, 1.165) is 72.8 Å². The molecule has 0 radical (unpaired) electrons. The van der Waals surface area contributed by atoms with Gasteiger partial charge >= 0.3 is 0 Å². The molecule has 5 unspecified atom stereocenters. The number of nitrogens with two attached hydrogens (primary N) is 9. The minimum atomic E-state index is -2.88. The summed E-state index contributed by atoms with van der Waals surface area (Å²) in [5, 5.41) is 85.5. The number of benzene rings is 9. The third-order valence-electron chi connectivity index (χ3n) is 12.0. The van der Waals surface area contributed by atoms with Crippen molar-refractivity contribution in [3.8, 4) is 0 Å². The van der Waals surface area contributed by atoms with Gasteiger partial charge in [-0.2, -0.15) is 0 Å². The Morgan fingerprint density at radius 2 is 0.430 bits per heavy atom. The molecule has 0 aliphatic heterocycles. The summed E-state index contributed by atoms with van der Waals surface area (Å²) < 4.78 is 432. The number of guanidine groups is 9. The molecule has 36 N–H and O–H groups in total. The van der Waals surface area contributed by atoms with E-state index in [1.807, 2.05) is 0 Å². The predicted molar refractivity (Wildman–Crippen MR) is 569 cm³/mol. The Morgan fingerprint density at radius 1 is 0.215 bits per heavy atom. The van der Waals surface area contributed by atoms with Crippen molar-refractivity contribution in [3.63, 3.8) is 0 Å². The lowest BCUT2D eigenvalue weighted by molar-refractivity contribution is 0.955. The van der Waals surface area contributed by atoms with Crippen molar-refractivity contribution in [1.82, 2.24) is 47.9 Å². The van der Waals surface area contributed by atoms with Crippen LogP contribution in [0.1, 0.15) is 189 Å². The smallest absolute Gasteiger partial charge is 0.194 e. The SMILES string of the molecule is [2H]c1cc(C([2H])([2H])CN=C(N)NC(C)=N)c([2H])c([2H])c1[2H].[2H]c1cc(C([2H])C([2H])([2H])N=C(N)NC(C)=N)cc([2H])c1[2H].[2H]c1cc([2H])c(C([2H])([2H])C([2H])([2H])N=C(N)NC(C)=N)c([2H])c1.[2H]c1cc([2H])c(C([2H])([2H])C([2H])N=C(N)NC(C)=N)c([2H])c1.[2H]c1cc([2H])c(C([2H])([2H])C([2H])N=C(N)NC(C)=N)cc1[2H].[2H]c1cc([2H])c(C([2H])([2H])CN=C(N)NC(C)=N)c([2H])c1[2H].[2H]c1ccc(C([2H])([2H])C([2H])([2H])N=C(N)NC(C)=N)c([2H])c1[2H].[2H]c1ccc(C([2H])([2H])C([2H])N=C(N)NC(C)=N)c([2H])c1[2H].[2H]c1ccc(C([2H])C([2H])([2H])N=C(N)NC(C)=N)c([2H])c1[2H]. The quantitative estimate of drug-likeness (QED) is 0.0168. The number of hydrogen-bond donors (Lipinski definition) is 27. The number of hydrogen-bond acceptors (Lipinski definition) is 18. The molecule has 9 rings (SSSR count). The predicted octanol–water partition coefficient (Wildman–Crippen LogP) is 10.2. The number of amidine groups is 9. The molecule has 135 heavy (non-hydrogen) atoms. The topological polar surface area (TPSA) is 668 Å². The fourth-order valence-corrected chi connectivity index (χ4v) is 7.09. The molecular formula is C99H144N36. The van der Waals surface area contributed by atoms with Crippen LogP contribution in [0, 0.1) is 48.7 Å². The lowest BCUT2D eigenvalue weighted by Gasteiger charge is -2.02. The zero-order valence-corrected chi connectivity index (χ0v) is 74.3. The highest BCUT2D eigenvalue weighted by atomic mass is 15.2. The Kier molecular flexibility index (Phi) is 29.9. The van der Waals surface area contributed by atoms with Gasteiger partial charge < -0.3 is 99.5 Å². The monoisotopic (exact) mass is 1890 g/mol. The molecule has 0 saturated carbocycles. The second-order valence-electron chi connectivity index (χ2n) is 24.1. The van der Waals surface area contributed by atoms with Crippen LogP contribution in [-0.4, -0.2) is 165 Å². The van der Waals surface area contributed by atoms with E-state index in [-0.39, 0.29) is 242 Å². The molecule has 0 fully saturated rings. The summed E-state index contributed by atoms with van der Waals surface area (Å²) in [6, 6.07) is 8.07. The fourth-order valence-electron chi connectivity index (χ4n) is 7.09. The molecule has 0 saturated heterocycles. The van der Waals surface area contributed by atoms with Crippen molar-refractivity contribution in [1.29, 1.82) is 48.7 Å². The molecule has 0 aliphatic rings. The summed E-state index contributed by atoms with van der Waals surface area (Å²) in [5.41, 5.74) is 46.8. The first-order chi connectivity index (χ1) is 86.7. The molecule has 0 amide bonds. The van der Waals surface area contributed by atoms with Crippen LogP contribution in [0.2, 0.25) is 0 Å². The van der Waals surface area contributed by atoms with Gasteiger partial charge in [-0.05, 0) is 170 Å². The maximum Gasteiger partial charge on any atom is 0.194 e. The first-order valence-corrected chi connectivity index (χ1v) is 37.9. The van der Waals surface area contributed by atoms with Gasteiger partial charge in [0.25, 0.3) is 0 Å². The Hall–Kier alpha value is -16.6. The second-order valence-corrected chi connectivity index (χ2v) is 24.1. The standard InChI is InChI=1S/9C11H16N4/c9*1-9(12)15-11(13)14-8-7-10-5-3-2-4-6-10/h9*2-6H,7-8H2,1H3,(H4,12,13,14,15)/i2D,5D,6D,7D2,8D2;2D,5D,6D,7D2,8D;2D,3D,6D,7D2,8D;2D,3D,5D,7D2,8D2;2D,3D,5D,7D2,8D;2D,3D,5D,7D,8D2;2D,3D,5D,6D,7D2;2D,3D,4D,7D,8D2;2D,3D,4D,5D,7D2. The summed E-state index contributed by atoms with van der Waals surface area (Å²) in [5.74, 6) is -2.92. The summed E-state index contributed by atoms with van der Waals surface area (Å²) >= 11 is 0. The normalized spacial score (nSPS) is 19.4. The van der Waals surface area contributed by atoms with E-state index in [9.17, 15) is 0 Å². The van der Waals surface area contributed by atoms with Gasteiger partial charge in [0.2, 0.25) is 0 Å². The molecular weight excluding hydrogens is 1690 g/mol. The lowest BCUT2D eigenvalue weighted by atomic mass is 10.2. The van der Waals surface area contributed by atoms with Crippen LogP contribution in [0.15, 0.2) is 317 Å². The van der Waals surface area contributed by atoms with Gasteiger partial charge in [0.1, 0.15) is 0 Å². The molecule has 9 aromatic rings. The van der Waals surface area contributed by atoms with E-state index < -0.39 is 206 Å². The van der Waals surface area contributed by atoms with Crippen LogP contribution < -0.4 is 99.5 Å². The van der Waals surface area contributed by atoms with Gasteiger partial charge in [-0.15, -0.1) is 0 Å². The molecule has 36 heteroatoms. The van der Waals surface area contributed by atoms with Gasteiger partial charge in [-0.1, -0.05) is 272 Å². The van der Waals surface area contributed by atoms with Crippen LogP contribution in [-0.2, 0) is 57.4 Å². The zero-order valence-electron chi connectivity index (χ0n) is 130. The molecule has 36 nitrogen and oxygen atoms in total. The molecule has 0 heterocycles. The van der Waals surface area contributed by atoms with E-state index in [1.165, 1.54) is 86.6 Å². The molecule has 0 aromatic heterocycles. The summed E-state index contributed by atoms with van der Waals surface area (Å²) in [7, 11) is 0. The highest BCUT2D eigenvalue weighted by Gasteiger charge is 2.03. The number of nitrogens with one attached hydrogen (secondary N) is 18. The largest absolute Gasteiger partial charge is 0.370 e. The third kappa shape index (κ3) is 74.0. The van der Waals surface area contributed by atoms with E-state index in [2.05, 4.69) is 92.8 Å². The molecule has 0 spiro atoms. The number of rotatable bonds is 27. The van der Waals surface area contributed by atoms with E-state index in [0.29, 0.717) is 0 Å². The van der Waals surface area contributed by atoms with Crippen LogP contribution >= 0.6 is 0 Å². The van der Waals surface area contributed by atoms with Gasteiger partial charge in [0.05, 0.1) is 107 Å². The average molecular weight is 1890 g/mol. The van der Waals surface area contributed by atoms with E-state index in [1.54, 1.807) is 0 Å². The maximum atomic E-state index is 7.94. The molecule has 9 aromatic carbocycles. The first kappa shape index (κ1) is 53.7. The minimum absolute atomic E-state index is 0.00260.